The van der Waals surface area contributed by atoms with Crippen LogP contribution in [0.1, 0.15) is 52.7 Å². The molecule has 1 aromatic heterocycles. The van der Waals surface area contributed by atoms with Gasteiger partial charge in [-0.2, -0.15) is 0 Å². The summed E-state index contributed by atoms with van der Waals surface area (Å²) in [5.74, 6) is 1.90. The zero-order chi connectivity index (χ0) is 37.7. The van der Waals surface area contributed by atoms with Crippen LogP contribution in [0.15, 0.2) is 67.5 Å². The number of aromatic nitrogens is 1. The smallest absolute Gasteiger partial charge is 0.408 e. The van der Waals surface area contributed by atoms with Crippen molar-refractivity contribution >= 4 is 17.9 Å². The Labute approximate surface area is 311 Å². The fraction of sp³-hybridized carbons (Fsp3) is 0.450. The van der Waals surface area contributed by atoms with Crippen LogP contribution in [-0.2, 0) is 22.5 Å². The highest BCUT2D eigenvalue weighted by molar-refractivity contribution is 5.94. The van der Waals surface area contributed by atoms with Crippen molar-refractivity contribution in [2.75, 3.05) is 54.2 Å². The zero-order valence-electron chi connectivity index (χ0n) is 31.1. The van der Waals surface area contributed by atoms with Crippen LogP contribution in [0.5, 0.6) is 23.0 Å². The van der Waals surface area contributed by atoms with E-state index in [1.165, 1.54) is 23.4 Å². The minimum atomic E-state index is -0.832. The Morgan fingerprint density at radius 1 is 1.08 bits per heavy atom. The summed E-state index contributed by atoms with van der Waals surface area (Å²) in [5, 5.41) is 6.37. The van der Waals surface area contributed by atoms with Gasteiger partial charge in [-0.3, -0.25) is 14.6 Å². The Kier molecular flexibility index (Phi) is 13.9. The van der Waals surface area contributed by atoms with Crippen molar-refractivity contribution in [1.82, 2.24) is 25.4 Å². The summed E-state index contributed by atoms with van der Waals surface area (Å²) in [7, 11) is 4.95. The molecular formula is C40H51N5O8. The number of rotatable bonds is 12. The van der Waals surface area contributed by atoms with Gasteiger partial charge >= 0.3 is 6.09 Å². The highest BCUT2D eigenvalue weighted by Gasteiger charge is 2.39. The van der Waals surface area contributed by atoms with E-state index in [1.807, 2.05) is 12.1 Å². The molecule has 2 bridgehead atoms. The molecule has 0 radical (unpaired) electrons. The van der Waals surface area contributed by atoms with Crippen molar-refractivity contribution in [3.63, 3.8) is 0 Å². The van der Waals surface area contributed by atoms with Crippen LogP contribution in [0.3, 0.4) is 0 Å². The minimum absolute atomic E-state index is 0.0196. The highest BCUT2D eigenvalue weighted by Crippen LogP contribution is 2.35. The first-order valence-electron chi connectivity index (χ1n) is 18.0. The molecule has 0 saturated carbocycles. The van der Waals surface area contributed by atoms with E-state index in [0.29, 0.717) is 80.5 Å². The predicted octanol–water partition coefficient (Wildman–Crippen LogP) is 4.70. The normalized spacial score (nSPS) is 19.3. The lowest BCUT2D eigenvalue weighted by Gasteiger charge is -2.29. The number of methoxy groups -OCH3 is 2. The summed E-state index contributed by atoms with van der Waals surface area (Å²) in [6, 6.07) is 12.5. The summed E-state index contributed by atoms with van der Waals surface area (Å²) < 4.78 is 29.0. The lowest BCUT2D eigenvalue weighted by Crippen LogP contribution is -2.51. The van der Waals surface area contributed by atoms with Gasteiger partial charge in [0.25, 0.3) is 5.91 Å². The van der Waals surface area contributed by atoms with Gasteiger partial charge in [-0.1, -0.05) is 42.5 Å². The Morgan fingerprint density at radius 3 is 2.55 bits per heavy atom. The number of fused-ring (bicyclic) bond motifs is 3. The number of amides is 3. The summed E-state index contributed by atoms with van der Waals surface area (Å²) in [6.45, 7) is 7.57. The molecule has 0 unspecified atom stereocenters. The second-order valence-corrected chi connectivity index (χ2v) is 13.4. The number of pyridine rings is 1. The molecular weight excluding hydrogens is 678 g/mol. The summed E-state index contributed by atoms with van der Waals surface area (Å²) in [6.07, 6.45) is 6.78. The van der Waals surface area contributed by atoms with Crippen LogP contribution >= 0.6 is 0 Å². The number of hydrogen-bond acceptors (Lipinski definition) is 10. The van der Waals surface area contributed by atoms with E-state index < -0.39 is 12.1 Å². The fourth-order valence-electron chi connectivity index (χ4n) is 6.60. The molecule has 2 aliphatic heterocycles. The van der Waals surface area contributed by atoms with Gasteiger partial charge in [-0.15, -0.1) is 0 Å². The molecule has 53 heavy (non-hydrogen) atoms. The average Bonchev–Trinajstić information content (AvgIpc) is 3.59. The second kappa shape index (κ2) is 19.0. The zero-order valence-corrected chi connectivity index (χ0v) is 31.1. The third kappa shape index (κ3) is 10.6. The number of carbonyl (C=O) groups excluding carboxylic acids is 3. The molecule has 3 atom stereocenters. The number of carbonyl (C=O) groups is 3. The molecule has 1 saturated heterocycles. The second-order valence-electron chi connectivity index (χ2n) is 13.4. The number of hydrogen-bond donors (Lipinski definition) is 2. The molecule has 13 nitrogen and oxygen atoms in total. The van der Waals surface area contributed by atoms with Gasteiger partial charge in [0.05, 0.1) is 44.2 Å². The van der Waals surface area contributed by atoms with E-state index in [1.54, 1.807) is 43.3 Å². The lowest BCUT2D eigenvalue weighted by atomic mass is 10.1. The lowest BCUT2D eigenvalue weighted by molar-refractivity contribution is -0.135. The van der Waals surface area contributed by atoms with Crippen LogP contribution in [0.2, 0.25) is 0 Å². The number of ether oxygens (including phenoxy) is 5. The van der Waals surface area contributed by atoms with Crippen molar-refractivity contribution in [3.8, 4) is 23.0 Å². The number of aryl methyl sites for hydroxylation is 1. The van der Waals surface area contributed by atoms with Gasteiger partial charge in [-0.25, -0.2) is 4.79 Å². The van der Waals surface area contributed by atoms with E-state index in [0.717, 1.165) is 12.0 Å². The summed E-state index contributed by atoms with van der Waals surface area (Å²) >= 11 is 0. The van der Waals surface area contributed by atoms with Crippen LogP contribution in [0.4, 0.5) is 4.79 Å². The Bertz CT molecular complexity index is 1690. The SMILES string of the molecule is C=CCOC(=O)N[C@H]1CCCCN(C)C(=O)c2cncc(c2)OC[C@@H]2C[C@H](NCc3c(OC)cc(OCCc4ccc(C)cc4)cc3OC)CN2C1=O. The molecule has 13 heteroatoms. The standard InChI is InChI=1S/C40H51N5O8/c1-6-16-52-40(48)43-35-9-7-8-15-44(3)38(46)29-18-33(23-41-22-29)53-26-31-19-30(25-45(31)39(35)47)42-24-34-36(49-4)20-32(21-37(34)50-5)51-17-14-28-12-10-27(2)11-13-28/h6,10-13,18,20-23,30-31,35,42H,1,7-9,14-17,19,24-26H2,2-5H3,(H,43,48)/t30-,31-,35-/m0/s1. The number of nitrogens with zero attached hydrogens (tertiary/aromatic N) is 3. The highest BCUT2D eigenvalue weighted by atomic mass is 16.5. The number of benzene rings is 2. The molecule has 2 aliphatic rings. The van der Waals surface area contributed by atoms with Crippen molar-refractivity contribution in [2.24, 2.45) is 0 Å². The maximum absolute atomic E-state index is 14.2. The first-order chi connectivity index (χ1) is 25.7. The monoisotopic (exact) mass is 729 g/mol. The van der Waals surface area contributed by atoms with E-state index in [4.69, 9.17) is 23.7 Å². The van der Waals surface area contributed by atoms with Crippen LogP contribution in [0.25, 0.3) is 0 Å². The predicted molar refractivity (Wildman–Crippen MR) is 200 cm³/mol. The fourth-order valence-corrected chi connectivity index (χ4v) is 6.60. The molecule has 0 aliphatic carbocycles. The molecule has 2 N–H and O–H groups in total. The number of alkyl carbamates (subject to hydrolysis) is 1. The Balaban J connectivity index is 1.32. The summed E-state index contributed by atoms with van der Waals surface area (Å²) in [4.78, 5) is 47.6. The average molecular weight is 730 g/mol. The van der Waals surface area contributed by atoms with E-state index >= 15 is 0 Å². The van der Waals surface area contributed by atoms with Gasteiger partial charge in [0, 0.05) is 57.5 Å². The first-order valence-corrected chi connectivity index (χ1v) is 18.0. The largest absolute Gasteiger partial charge is 0.496 e. The third-order valence-electron chi connectivity index (χ3n) is 9.53. The van der Waals surface area contributed by atoms with Crippen molar-refractivity contribution in [1.29, 1.82) is 0 Å². The van der Waals surface area contributed by atoms with Crippen molar-refractivity contribution < 1.29 is 38.1 Å². The van der Waals surface area contributed by atoms with Crippen LogP contribution < -0.4 is 29.6 Å². The maximum Gasteiger partial charge on any atom is 0.408 e. The summed E-state index contributed by atoms with van der Waals surface area (Å²) in [5.41, 5.74) is 3.65. The van der Waals surface area contributed by atoms with Crippen molar-refractivity contribution in [2.45, 2.75) is 63.7 Å². The first kappa shape index (κ1) is 38.9. The Hall–Kier alpha value is -5.30. The van der Waals surface area contributed by atoms with Crippen molar-refractivity contribution in [3.05, 3.63) is 89.8 Å². The molecule has 3 aromatic rings. The van der Waals surface area contributed by atoms with Crippen LogP contribution in [0, 0.1) is 6.92 Å². The van der Waals surface area contributed by atoms with E-state index in [2.05, 4.69) is 53.4 Å². The van der Waals surface area contributed by atoms with Gasteiger partial charge in [-0.05, 0) is 44.2 Å². The maximum atomic E-state index is 14.2. The topological polar surface area (TPSA) is 141 Å². The molecule has 1 fully saturated rings. The molecule has 5 rings (SSSR count). The third-order valence-corrected chi connectivity index (χ3v) is 9.53. The van der Waals surface area contributed by atoms with Gasteiger partial charge in [0.15, 0.2) is 0 Å². The van der Waals surface area contributed by atoms with Crippen LogP contribution in [-0.4, -0.2) is 105 Å². The number of nitrogens with one attached hydrogen (secondary N) is 2. The van der Waals surface area contributed by atoms with E-state index in [9.17, 15) is 14.4 Å². The van der Waals surface area contributed by atoms with E-state index in [-0.39, 0.29) is 37.1 Å². The Morgan fingerprint density at radius 2 is 1.83 bits per heavy atom. The van der Waals surface area contributed by atoms with Gasteiger partial charge in [0.2, 0.25) is 5.91 Å². The molecule has 3 amide bonds. The molecule has 3 heterocycles. The molecule has 284 valence electrons. The quantitative estimate of drug-likeness (QED) is 0.252. The van der Waals surface area contributed by atoms with Gasteiger partial charge < -0.3 is 44.1 Å². The molecule has 0 spiro atoms. The molecule has 2 aromatic carbocycles. The minimum Gasteiger partial charge on any atom is -0.496 e. The van der Waals surface area contributed by atoms with Gasteiger partial charge in [0.1, 0.15) is 42.3 Å².